The Morgan fingerprint density at radius 3 is 2.69 bits per heavy atom. The third-order valence-corrected chi connectivity index (χ3v) is 6.45. The van der Waals surface area contributed by atoms with E-state index in [9.17, 15) is 4.79 Å². The van der Waals surface area contributed by atoms with Gasteiger partial charge in [-0.3, -0.25) is 4.79 Å². The summed E-state index contributed by atoms with van der Waals surface area (Å²) in [6.07, 6.45) is 3.17. The van der Waals surface area contributed by atoms with Gasteiger partial charge in [0.25, 0.3) is 5.78 Å². The lowest BCUT2D eigenvalue weighted by molar-refractivity contribution is -0.119. The molecule has 6 nitrogen and oxygen atoms in total. The van der Waals surface area contributed by atoms with E-state index in [0.717, 1.165) is 29.1 Å². The second-order valence-corrected chi connectivity index (χ2v) is 9.23. The lowest BCUT2D eigenvalue weighted by atomic mass is 9.80. The van der Waals surface area contributed by atoms with Gasteiger partial charge in [-0.15, -0.1) is 5.10 Å². The maximum atomic E-state index is 13.6. The van der Waals surface area contributed by atoms with Crippen LogP contribution in [0.3, 0.4) is 0 Å². The summed E-state index contributed by atoms with van der Waals surface area (Å²) in [4.78, 5) is 24.6. The summed E-state index contributed by atoms with van der Waals surface area (Å²) in [6, 6.07) is 8.26. The van der Waals surface area contributed by atoms with E-state index in [0.29, 0.717) is 23.3 Å². The molecule has 3 aromatic rings. The number of fused-ring (bicyclic) bond motifs is 2. The van der Waals surface area contributed by atoms with E-state index in [4.69, 9.17) is 0 Å². The molecule has 0 bridgehead atoms. The molecule has 1 amide bonds. The molecule has 0 aliphatic carbocycles. The molecule has 7 heteroatoms. The van der Waals surface area contributed by atoms with E-state index < -0.39 is 0 Å². The van der Waals surface area contributed by atoms with Gasteiger partial charge in [-0.05, 0) is 57.9 Å². The molecule has 0 unspecified atom stereocenters. The van der Waals surface area contributed by atoms with Gasteiger partial charge in [0.05, 0.1) is 6.42 Å². The molecule has 0 saturated heterocycles. The van der Waals surface area contributed by atoms with Gasteiger partial charge < -0.3 is 4.90 Å². The van der Waals surface area contributed by atoms with Crippen molar-refractivity contribution in [3.63, 3.8) is 0 Å². The maximum Gasteiger partial charge on any atom is 0.253 e. The van der Waals surface area contributed by atoms with Crippen LogP contribution in [0.2, 0.25) is 0 Å². The molecule has 152 valence electrons. The van der Waals surface area contributed by atoms with E-state index in [2.05, 4.69) is 54.0 Å². The third kappa shape index (κ3) is 3.31. The van der Waals surface area contributed by atoms with Crippen molar-refractivity contribution >= 4 is 29.1 Å². The lowest BCUT2D eigenvalue weighted by Gasteiger charge is -2.46. The minimum atomic E-state index is -0.247. The first-order valence-corrected chi connectivity index (χ1v) is 11.1. The zero-order chi connectivity index (χ0) is 20.9. The van der Waals surface area contributed by atoms with Crippen LogP contribution in [0.1, 0.15) is 55.6 Å². The molecule has 0 fully saturated rings. The average molecular weight is 410 g/mol. The Bertz CT molecular complexity index is 1100. The number of carbonyl (C=O) groups is 1. The fourth-order valence-electron chi connectivity index (χ4n) is 4.62. The zero-order valence-corrected chi connectivity index (χ0v) is 18.7. The van der Waals surface area contributed by atoms with Gasteiger partial charge in [0, 0.05) is 28.2 Å². The number of rotatable bonds is 3. The normalized spacial score (nSPS) is 18.1. The number of amides is 1. The van der Waals surface area contributed by atoms with Gasteiger partial charge in [-0.2, -0.15) is 4.98 Å². The minimum absolute atomic E-state index is 0.0897. The van der Waals surface area contributed by atoms with Gasteiger partial charge in [0.1, 0.15) is 0 Å². The minimum Gasteiger partial charge on any atom is -0.306 e. The van der Waals surface area contributed by atoms with Crippen LogP contribution in [0.25, 0.3) is 5.78 Å². The van der Waals surface area contributed by atoms with Crippen molar-refractivity contribution < 1.29 is 4.79 Å². The molecule has 0 saturated carbocycles. The lowest BCUT2D eigenvalue weighted by Crippen LogP contribution is -2.52. The smallest absolute Gasteiger partial charge is 0.253 e. The molecule has 29 heavy (non-hydrogen) atoms. The Labute approximate surface area is 175 Å². The highest BCUT2D eigenvalue weighted by molar-refractivity contribution is 7.98. The molecule has 0 radical (unpaired) electrons. The van der Waals surface area contributed by atoms with E-state index >= 15 is 0 Å². The summed E-state index contributed by atoms with van der Waals surface area (Å²) >= 11 is 1.49. The molecule has 4 rings (SSSR count). The number of benzene rings is 1. The number of aromatic nitrogens is 4. The number of para-hydroxylation sites is 1. The molecule has 1 aliphatic heterocycles. The predicted octanol–water partition coefficient (Wildman–Crippen LogP) is 4.32. The SMILES string of the molecule is CSc1nc2nc(C)c(CC(=O)N3c4ccccc4[C@H](C)CC3(C)C)c(C)n2n1. The standard InChI is InChI=1S/C22H27N5OS/c1-13-12-22(4,5)26(18-10-8-7-9-16(13)18)19(28)11-17-14(2)23-20-24-21(29-6)25-27(20)15(17)3/h7-10,13H,11-12H2,1-6H3/t13-/m1/s1. The van der Waals surface area contributed by atoms with Crippen LogP contribution in [0, 0.1) is 13.8 Å². The molecule has 3 heterocycles. The van der Waals surface area contributed by atoms with Gasteiger partial charge >= 0.3 is 0 Å². The first-order valence-electron chi connectivity index (χ1n) is 9.91. The average Bonchev–Trinajstić information content (AvgIpc) is 3.07. The predicted molar refractivity (Wildman–Crippen MR) is 117 cm³/mol. The Balaban J connectivity index is 1.75. The molecular weight excluding hydrogens is 382 g/mol. The van der Waals surface area contributed by atoms with Gasteiger partial charge in [0.15, 0.2) is 0 Å². The molecule has 0 N–H and O–H groups in total. The van der Waals surface area contributed by atoms with Crippen molar-refractivity contribution in [3.8, 4) is 0 Å². The molecule has 1 aliphatic rings. The van der Waals surface area contributed by atoms with Crippen LogP contribution in [-0.4, -0.2) is 37.3 Å². The topological polar surface area (TPSA) is 63.4 Å². The Hall–Kier alpha value is -2.41. The van der Waals surface area contributed by atoms with E-state index in [1.165, 1.54) is 17.3 Å². The molecular formula is C22H27N5OS. The first kappa shape index (κ1) is 19.9. The summed E-state index contributed by atoms with van der Waals surface area (Å²) in [7, 11) is 0. The van der Waals surface area contributed by atoms with Crippen LogP contribution in [-0.2, 0) is 11.2 Å². The fourth-order valence-corrected chi connectivity index (χ4v) is 4.96. The van der Waals surface area contributed by atoms with Crippen LogP contribution >= 0.6 is 11.8 Å². The number of carbonyl (C=O) groups excluding carboxylic acids is 1. The summed E-state index contributed by atoms with van der Waals surface area (Å²) in [5.74, 6) is 1.09. The number of hydrogen-bond donors (Lipinski definition) is 0. The van der Waals surface area contributed by atoms with Crippen LogP contribution in [0.4, 0.5) is 5.69 Å². The first-order chi connectivity index (χ1) is 13.7. The highest BCUT2D eigenvalue weighted by atomic mass is 32.2. The van der Waals surface area contributed by atoms with Gasteiger partial charge in [-0.25, -0.2) is 9.50 Å². The molecule has 1 aromatic carbocycles. The largest absolute Gasteiger partial charge is 0.306 e. The zero-order valence-electron chi connectivity index (χ0n) is 17.9. The fraction of sp³-hybridized carbons (Fsp3) is 0.455. The van der Waals surface area contributed by atoms with Crippen LogP contribution in [0.5, 0.6) is 0 Å². The van der Waals surface area contributed by atoms with Crippen molar-refractivity contribution in [2.75, 3.05) is 11.2 Å². The second kappa shape index (κ2) is 7.13. The van der Waals surface area contributed by atoms with Gasteiger partial charge in [-0.1, -0.05) is 36.9 Å². The van der Waals surface area contributed by atoms with Gasteiger partial charge in [0.2, 0.25) is 11.1 Å². The second-order valence-electron chi connectivity index (χ2n) is 8.45. The summed E-state index contributed by atoms with van der Waals surface area (Å²) in [6.45, 7) is 10.5. The number of aryl methyl sites for hydroxylation is 2. The van der Waals surface area contributed by atoms with Crippen LogP contribution < -0.4 is 4.90 Å². The van der Waals surface area contributed by atoms with E-state index in [1.54, 1.807) is 4.52 Å². The monoisotopic (exact) mass is 409 g/mol. The quantitative estimate of drug-likeness (QED) is 0.603. The number of nitrogens with zero attached hydrogens (tertiary/aromatic N) is 5. The van der Waals surface area contributed by atoms with Crippen molar-refractivity contribution in [3.05, 3.63) is 46.8 Å². The number of thioether (sulfide) groups is 1. The summed E-state index contributed by atoms with van der Waals surface area (Å²) in [5, 5.41) is 5.19. The highest BCUT2D eigenvalue weighted by Crippen LogP contribution is 2.43. The molecule has 1 atom stereocenters. The van der Waals surface area contributed by atoms with E-state index in [-0.39, 0.29) is 11.4 Å². The highest BCUT2D eigenvalue weighted by Gasteiger charge is 2.39. The number of anilines is 1. The molecule has 0 spiro atoms. The molecule has 2 aromatic heterocycles. The summed E-state index contributed by atoms with van der Waals surface area (Å²) < 4.78 is 1.75. The van der Waals surface area contributed by atoms with Crippen molar-refractivity contribution in [2.24, 2.45) is 0 Å². The summed E-state index contributed by atoms with van der Waals surface area (Å²) in [5.41, 5.74) is 4.69. The van der Waals surface area contributed by atoms with Crippen molar-refractivity contribution in [1.82, 2.24) is 19.6 Å². The Morgan fingerprint density at radius 2 is 1.97 bits per heavy atom. The third-order valence-electron chi connectivity index (χ3n) is 5.91. The van der Waals surface area contributed by atoms with Crippen molar-refractivity contribution in [1.29, 1.82) is 0 Å². The number of hydrogen-bond acceptors (Lipinski definition) is 5. The Kier molecular flexibility index (Phi) is 4.89. The maximum absolute atomic E-state index is 13.6. The Morgan fingerprint density at radius 1 is 1.24 bits per heavy atom. The van der Waals surface area contributed by atoms with E-state index in [1.807, 2.05) is 31.1 Å². The van der Waals surface area contributed by atoms with Crippen LogP contribution in [0.15, 0.2) is 29.4 Å². The van der Waals surface area contributed by atoms with Crippen molar-refractivity contribution in [2.45, 2.75) is 64.1 Å².